The first-order chi connectivity index (χ1) is 16.7. The minimum atomic E-state index is 0. The van der Waals surface area contributed by atoms with Crippen molar-refractivity contribution >= 4 is 36.4 Å². The molecule has 200 valence electrons. The molecule has 1 heterocycles. The van der Waals surface area contributed by atoms with Gasteiger partial charge in [-0.25, -0.2) is 0 Å². The molecule has 1 saturated heterocycles. The summed E-state index contributed by atoms with van der Waals surface area (Å²) in [4.78, 5) is 17.6. The molecule has 1 amide bonds. The average molecular weight is 539 g/mol. The topological polar surface area (TPSA) is 54.0 Å². The number of amides is 1. The van der Waals surface area contributed by atoms with E-state index in [-0.39, 0.29) is 36.8 Å². The number of benzene rings is 2. The van der Waals surface area contributed by atoms with E-state index in [1.54, 1.807) is 14.2 Å². The van der Waals surface area contributed by atoms with E-state index in [0.717, 1.165) is 82.7 Å². The van der Waals surface area contributed by atoms with Gasteiger partial charge in [0.05, 0.1) is 25.9 Å². The SMILES string of the molecule is COc1ccc2c(c1)C(NC(=O)CCCCCN1CCN(c3ccccc3OC)CC1)CCC2.Cl.Cl. The maximum atomic E-state index is 12.6. The number of para-hydroxylation sites is 2. The molecule has 0 bridgehead atoms. The van der Waals surface area contributed by atoms with Crippen molar-refractivity contribution in [1.82, 2.24) is 10.2 Å². The summed E-state index contributed by atoms with van der Waals surface area (Å²) >= 11 is 0. The predicted molar refractivity (Wildman–Crippen MR) is 151 cm³/mol. The summed E-state index contributed by atoms with van der Waals surface area (Å²) in [5, 5.41) is 3.28. The molecule has 2 aromatic rings. The second-order valence-corrected chi connectivity index (χ2v) is 9.39. The number of ether oxygens (including phenoxy) is 2. The number of anilines is 1. The molecule has 0 radical (unpaired) electrons. The van der Waals surface area contributed by atoms with E-state index in [4.69, 9.17) is 9.47 Å². The number of carbonyl (C=O) groups is 1. The number of unbranched alkanes of at least 4 members (excludes halogenated alkanes) is 2. The normalized spacial score (nSPS) is 17.3. The lowest BCUT2D eigenvalue weighted by Crippen LogP contribution is -2.46. The summed E-state index contributed by atoms with van der Waals surface area (Å²) < 4.78 is 10.9. The molecule has 0 aromatic heterocycles. The summed E-state index contributed by atoms with van der Waals surface area (Å²) in [5.74, 6) is 1.99. The van der Waals surface area contributed by atoms with Crippen LogP contribution in [0.3, 0.4) is 0 Å². The molecule has 36 heavy (non-hydrogen) atoms. The van der Waals surface area contributed by atoms with E-state index in [9.17, 15) is 4.79 Å². The first-order valence-corrected chi connectivity index (χ1v) is 12.7. The molecule has 1 aliphatic carbocycles. The molecule has 2 aromatic carbocycles. The van der Waals surface area contributed by atoms with E-state index in [1.807, 2.05) is 18.2 Å². The van der Waals surface area contributed by atoms with Crippen LogP contribution in [0.2, 0.25) is 0 Å². The Morgan fingerprint density at radius 1 is 0.972 bits per heavy atom. The molecule has 6 nitrogen and oxygen atoms in total. The largest absolute Gasteiger partial charge is 0.497 e. The molecule has 1 unspecified atom stereocenters. The molecule has 1 atom stereocenters. The summed E-state index contributed by atoms with van der Waals surface area (Å²) in [6, 6.07) is 14.6. The molecule has 1 fully saturated rings. The Hall–Kier alpha value is -2.15. The van der Waals surface area contributed by atoms with Gasteiger partial charge in [0.1, 0.15) is 11.5 Å². The highest BCUT2D eigenvalue weighted by atomic mass is 35.5. The first-order valence-electron chi connectivity index (χ1n) is 12.7. The van der Waals surface area contributed by atoms with Crippen LogP contribution in [-0.4, -0.2) is 57.8 Å². The average Bonchev–Trinajstić information content (AvgIpc) is 2.88. The molecule has 4 rings (SSSR count). The Kier molecular flexibility index (Phi) is 12.7. The second kappa shape index (κ2) is 15.2. The standard InChI is InChI=1S/C28H39N3O3.2ClH/c1-33-23-15-14-22-9-8-10-25(24(22)21-23)29-28(32)13-4-3-7-16-30-17-19-31(20-18-30)26-11-5-6-12-27(26)34-2;;/h5-6,11-12,14-15,21,25H,3-4,7-10,13,16-20H2,1-2H3,(H,29,32);2*1H. The molecule has 1 N–H and O–H groups in total. The van der Waals surface area contributed by atoms with Gasteiger partial charge in [-0.3, -0.25) is 9.69 Å². The monoisotopic (exact) mass is 537 g/mol. The Morgan fingerprint density at radius 3 is 2.50 bits per heavy atom. The van der Waals surface area contributed by atoms with Crippen molar-refractivity contribution in [3.63, 3.8) is 0 Å². The third-order valence-electron chi connectivity index (χ3n) is 7.18. The van der Waals surface area contributed by atoms with Gasteiger partial charge in [0, 0.05) is 32.6 Å². The Morgan fingerprint density at radius 2 is 1.75 bits per heavy atom. The van der Waals surface area contributed by atoms with Crippen molar-refractivity contribution in [2.45, 2.75) is 51.0 Å². The van der Waals surface area contributed by atoms with Crippen LogP contribution in [0.4, 0.5) is 5.69 Å². The fourth-order valence-corrected chi connectivity index (χ4v) is 5.22. The van der Waals surface area contributed by atoms with Gasteiger partial charge < -0.3 is 19.7 Å². The maximum absolute atomic E-state index is 12.6. The lowest BCUT2D eigenvalue weighted by atomic mass is 9.87. The van der Waals surface area contributed by atoms with Gasteiger partial charge in [-0.05, 0) is 74.0 Å². The molecule has 2 aliphatic rings. The molecule has 1 aliphatic heterocycles. The zero-order valence-corrected chi connectivity index (χ0v) is 23.2. The first kappa shape index (κ1) is 30.1. The van der Waals surface area contributed by atoms with E-state index in [0.29, 0.717) is 6.42 Å². The van der Waals surface area contributed by atoms with Crippen LogP contribution in [0.1, 0.15) is 55.7 Å². The van der Waals surface area contributed by atoms with Gasteiger partial charge in [-0.1, -0.05) is 24.6 Å². The quantitative estimate of drug-likeness (QED) is 0.410. The number of halogens is 2. The molecule has 0 saturated carbocycles. The zero-order valence-electron chi connectivity index (χ0n) is 21.5. The zero-order chi connectivity index (χ0) is 23.8. The summed E-state index contributed by atoms with van der Waals surface area (Å²) in [5.41, 5.74) is 3.75. The van der Waals surface area contributed by atoms with E-state index in [2.05, 4.69) is 39.4 Å². The number of aryl methyl sites for hydroxylation is 1. The smallest absolute Gasteiger partial charge is 0.220 e. The van der Waals surface area contributed by atoms with Gasteiger partial charge >= 0.3 is 0 Å². The Balaban J connectivity index is 0.00000228. The van der Waals surface area contributed by atoms with Crippen LogP contribution in [0, 0.1) is 0 Å². The van der Waals surface area contributed by atoms with E-state index >= 15 is 0 Å². The van der Waals surface area contributed by atoms with Gasteiger partial charge in [0.2, 0.25) is 5.91 Å². The summed E-state index contributed by atoms with van der Waals surface area (Å²) in [6.07, 6.45) is 7.00. The number of nitrogens with zero attached hydrogens (tertiary/aromatic N) is 2. The lowest BCUT2D eigenvalue weighted by molar-refractivity contribution is -0.122. The number of hydrogen-bond donors (Lipinski definition) is 1. The van der Waals surface area contributed by atoms with Crippen LogP contribution in [0.5, 0.6) is 11.5 Å². The van der Waals surface area contributed by atoms with E-state index < -0.39 is 0 Å². The molecule has 0 spiro atoms. The maximum Gasteiger partial charge on any atom is 0.220 e. The third kappa shape index (κ3) is 7.92. The van der Waals surface area contributed by atoms with Crippen molar-refractivity contribution in [3.05, 3.63) is 53.6 Å². The summed E-state index contributed by atoms with van der Waals surface area (Å²) in [7, 11) is 3.43. The van der Waals surface area contributed by atoms with Crippen molar-refractivity contribution in [3.8, 4) is 11.5 Å². The van der Waals surface area contributed by atoms with Crippen LogP contribution >= 0.6 is 24.8 Å². The third-order valence-corrected chi connectivity index (χ3v) is 7.18. The van der Waals surface area contributed by atoms with Gasteiger partial charge in [-0.2, -0.15) is 0 Å². The molecular weight excluding hydrogens is 497 g/mol. The van der Waals surface area contributed by atoms with Crippen LogP contribution in [-0.2, 0) is 11.2 Å². The number of carbonyl (C=O) groups excluding carboxylic acids is 1. The fourth-order valence-electron chi connectivity index (χ4n) is 5.22. The predicted octanol–water partition coefficient (Wildman–Crippen LogP) is 5.42. The van der Waals surface area contributed by atoms with Crippen LogP contribution in [0.15, 0.2) is 42.5 Å². The number of fused-ring (bicyclic) bond motifs is 1. The number of hydrogen-bond acceptors (Lipinski definition) is 5. The number of nitrogens with one attached hydrogen (secondary N) is 1. The Labute approximate surface area is 228 Å². The van der Waals surface area contributed by atoms with Gasteiger partial charge in [-0.15, -0.1) is 24.8 Å². The molecular formula is C28H41Cl2N3O3. The number of piperazine rings is 1. The van der Waals surface area contributed by atoms with E-state index in [1.165, 1.54) is 16.8 Å². The Bertz CT molecular complexity index is 951. The van der Waals surface area contributed by atoms with Gasteiger partial charge in [0.25, 0.3) is 0 Å². The minimum absolute atomic E-state index is 0. The number of methoxy groups -OCH3 is 2. The summed E-state index contributed by atoms with van der Waals surface area (Å²) in [6.45, 7) is 5.30. The van der Waals surface area contributed by atoms with Crippen molar-refractivity contribution < 1.29 is 14.3 Å². The van der Waals surface area contributed by atoms with Crippen molar-refractivity contribution in [1.29, 1.82) is 0 Å². The second-order valence-electron chi connectivity index (χ2n) is 9.39. The van der Waals surface area contributed by atoms with Crippen molar-refractivity contribution in [2.75, 3.05) is 51.8 Å². The van der Waals surface area contributed by atoms with Crippen molar-refractivity contribution in [2.24, 2.45) is 0 Å². The van der Waals surface area contributed by atoms with Gasteiger partial charge in [0.15, 0.2) is 0 Å². The fraction of sp³-hybridized carbons (Fsp3) is 0.536. The number of rotatable bonds is 10. The highest BCUT2D eigenvalue weighted by molar-refractivity contribution is 5.85. The minimum Gasteiger partial charge on any atom is -0.497 e. The van der Waals surface area contributed by atoms with Crippen LogP contribution < -0.4 is 19.7 Å². The lowest BCUT2D eigenvalue weighted by Gasteiger charge is -2.36. The van der Waals surface area contributed by atoms with Crippen LogP contribution in [0.25, 0.3) is 0 Å². The molecule has 8 heteroatoms. The highest BCUT2D eigenvalue weighted by Gasteiger charge is 2.22. The highest BCUT2D eigenvalue weighted by Crippen LogP contribution is 2.32.